The summed E-state index contributed by atoms with van der Waals surface area (Å²) in [6.07, 6.45) is 0.979. The molecule has 84 valence electrons. The zero-order valence-corrected chi connectivity index (χ0v) is 10.1. The maximum Gasteiger partial charge on any atom is 0.235 e. The highest BCUT2D eigenvalue weighted by atomic mass is 32.2. The highest BCUT2D eigenvalue weighted by molar-refractivity contribution is 8.01. The van der Waals surface area contributed by atoms with Gasteiger partial charge in [-0.2, -0.15) is 0 Å². The second-order valence-electron chi connectivity index (χ2n) is 2.92. The number of nitrogens with two attached hydrogens (primary N) is 1. The van der Waals surface area contributed by atoms with Crippen molar-refractivity contribution in [2.75, 3.05) is 12.3 Å². The minimum atomic E-state index is -0.319. The highest BCUT2D eigenvalue weighted by Crippen LogP contribution is 2.19. The molecule has 0 spiro atoms. The Bertz CT molecular complexity index is 291. The number of aromatic nitrogens is 2. The summed E-state index contributed by atoms with van der Waals surface area (Å²) >= 11 is 2.96. The average Bonchev–Trinajstić information content (AvgIpc) is 2.70. The molecule has 1 atom stereocenters. The molecule has 0 aliphatic carbocycles. The van der Waals surface area contributed by atoms with Crippen molar-refractivity contribution in [3.63, 3.8) is 0 Å². The predicted octanol–water partition coefficient (Wildman–Crippen LogP) is 0.484. The average molecular weight is 246 g/mol. The SMILES string of the molecule is CCCNC(CSc1nncs1)C(N)=O. The standard InChI is InChI=1S/C8H14N4OS2/c1-2-3-10-6(7(9)13)4-14-8-12-11-5-15-8/h5-6,10H,2-4H2,1H3,(H2,9,13). The van der Waals surface area contributed by atoms with Crippen molar-refractivity contribution in [2.45, 2.75) is 23.7 Å². The lowest BCUT2D eigenvalue weighted by Gasteiger charge is -2.13. The molecule has 1 aromatic rings. The quantitative estimate of drug-likeness (QED) is 0.684. The van der Waals surface area contributed by atoms with E-state index in [1.807, 2.05) is 6.92 Å². The van der Waals surface area contributed by atoms with Crippen LogP contribution in [0.3, 0.4) is 0 Å². The van der Waals surface area contributed by atoms with Gasteiger partial charge in [-0.05, 0) is 13.0 Å². The van der Waals surface area contributed by atoms with E-state index in [-0.39, 0.29) is 11.9 Å². The first kappa shape index (κ1) is 12.4. The van der Waals surface area contributed by atoms with E-state index in [0.717, 1.165) is 17.3 Å². The van der Waals surface area contributed by atoms with Crippen LogP contribution in [0.2, 0.25) is 0 Å². The molecule has 1 unspecified atom stereocenters. The van der Waals surface area contributed by atoms with Gasteiger partial charge in [0.15, 0.2) is 4.34 Å². The van der Waals surface area contributed by atoms with Crippen molar-refractivity contribution in [1.29, 1.82) is 0 Å². The van der Waals surface area contributed by atoms with E-state index >= 15 is 0 Å². The number of hydrogen-bond acceptors (Lipinski definition) is 6. The molecular weight excluding hydrogens is 232 g/mol. The maximum atomic E-state index is 11.1. The van der Waals surface area contributed by atoms with Gasteiger partial charge in [0.05, 0.1) is 6.04 Å². The van der Waals surface area contributed by atoms with Gasteiger partial charge in [-0.3, -0.25) is 4.79 Å². The van der Waals surface area contributed by atoms with Crippen molar-refractivity contribution < 1.29 is 4.79 Å². The predicted molar refractivity (Wildman–Crippen MR) is 61.9 cm³/mol. The Balaban J connectivity index is 2.34. The third kappa shape index (κ3) is 4.59. The van der Waals surface area contributed by atoms with Crippen LogP contribution < -0.4 is 11.1 Å². The van der Waals surface area contributed by atoms with Crippen molar-refractivity contribution in [1.82, 2.24) is 15.5 Å². The van der Waals surface area contributed by atoms with Gasteiger partial charge in [-0.1, -0.05) is 30.0 Å². The third-order valence-corrected chi connectivity index (χ3v) is 3.65. The summed E-state index contributed by atoms with van der Waals surface area (Å²) in [6.45, 7) is 2.84. The molecule has 3 N–H and O–H groups in total. The molecule has 0 fully saturated rings. The summed E-state index contributed by atoms with van der Waals surface area (Å²) in [6, 6.07) is -0.293. The summed E-state index contributed by atoms with van der Waals surface area (Å²) in [7, 11) is 0. The van der Waals surface area contributed by atoms with Crippen LogP contribution in [0.15, 0.2) is 9.85 Å². The molecular formula is C8H14N4OS2. The zero-order valence-electron chi connectivity index (χ0n) is 8.47. The van der Waals surface area contributed by atoms with E-state index < -0.39 is 0 Å². The lowest BCUT2D eigenvalue weighted by atomic mass is 10.3. The molecule has 0 bridgehead atoms. The molecule has 7 heteroatoms. The molecule has 0 aliphatic heterocycles. The fraction of sp³-hybridized carbons (Fsp3) is 0.625. The Morgan fingerprint density at radius 2 is 2.60 bits per heavy atom. The first-order valence-corrected chi connectivity index (χ1v) is 6.52. The van der Waals surface area contributed by atoms with Gasteiger partial charge in [-0.15, -0.1) is 10.2 Å². The van der Waals surface area contributed by atoms with Crippen molar-refractivity contribution in [3.8, 4) is 0 Å². The van der Waals surface area contributed by atoms with Crippen LogP contribution in [0, 0.1) is 0 Å². The van der Waals surface area contributed by atoms with Gasteiger partial charge in [0.25, 0.3) is 0 Å². The Hall–Kier alpha value is -0.660. The minimum Gasteiger partial charge on any atom is -0.368 e. The van der Waals surface area contributed by atoms with Gasteiger partial charge in [0.1, 0.15) is 5.51 Å². The van der Waals surface area contributed by atoms with Gasteiger partial charge in [0.2, 0.25) is 5.91 Å². The van der Waals surface area contributed by atoms with Crippen molar-refractivity contribution in [3.05, 3.63) is 5.51 Å². The van der Waals surface area contributed by atoms with Crippen molar-refractivity contribution >= 4 is 29.0 Å². The van der Waals surface area contributed by atoms with Crippen LogP contribution in [-0.4, -0.2) is 34.4 Å². The Labute approximate surface area is 96.8 Å². The summed E-state index contributed by atoms with van der Waals surface area (Å²) in [5.74, 6) is 0.283. The number of carbonyl (C=O) groups excluding carboxylic acids is 1. The molecule has 1 amide bonds. The molecule has 0 aliphatic rings. The van der Waals surface area contributed by atoms with E-state index in [0.29, 0.717) is 5.75 Å². The van der Waals surface area contributed by atoms with Gasteiger partial charge in [-0.25, -0.2) is 0 Å². The van der Waals surface area contributed by atoms with E-state index in [1.165, 1.54) is 23.1 Å². The fourth-order valence-corrected chi connectivity index (χ4v) is 2.52. The van der Waals surface area contributed by atoms with E-state index in [9.17, 15) is 4.79 Å². The lowest BCUT2D eigenvalue weighted by Crippen LogP contribution is -2.43. The number of nitrogens with one attached hydrogen (secondary N) is 1. The van der Waals surface area contributed by atoms with Crippen LogP contribution >= 0.6 is 23.1 Å². The summed E-state index contributed by atoms with van der Waals surface area (Å²) < 4.78 is 0.861. The largest absolute Gasteiger partial charge is 0.368 e. The van der Waals surface area contributed by atoms with Crippen LogP contribution in [0.25, 0.3) is 0 Å². The number of hydrogen-bond donors (Lipinski definition) is 2. The molecule has 0 saturated carbocycles. The zero-order chi connectivity index (χ0) is 11.1. The highest BCUT2D eigenvalue weighted by Gasteiger charge is 2.14. The van der Waals surface area contributed by atoms with E-state index in [2.05, 4.69) is 15.5 Å². The molecule has 1 heterocycles. The Kier molecular flexibility index (Phi) is 5.59. The number of nitrogens with zero attached hydrogens (tertiary/aromatic N) is 2. The van der Waals surface area contributed by atoms with Crippen molar-refractivity contribution in [2.24, 2.45) is 5.73 Å². The molecule has 15 heavy (non-hydrogen) atoms. The lowest BCUT2D eigenvalue weighted by molar-refractivity contribution is -0.119. The van der Waals surface area contributed by atoms with Gasteiger partial charge in [0, 0.05) is 5.75 Å². The Morgan fingerprint density at radius 3 is 3.13 bits per heavy atom. The summed E-state index contributed by atoms with van der Waals surface area (Å²) in [4.78, 5) is 11.1. The third-order valence-electron chi connectivity index (χ3n) is 1.70. The van der Waals surface area contributed by atoms with Crippen LogP contribution in [0.1, 0.15) is 13.3 Å². The first-order valence-electron chi connectivity index (χ1n) is 4.65. The van der Waals surface area contributed by atoms with Crippen LogP contribution in [0.4, 0.5) is 0 Å². The number of rotatable bonds is 7. The minimum absolute atomic E-state index is 0.293. The second kappa shape index (κ2) is 6.76. The first-order chi connectivity index (χ1) is 7.24. The second-order valence-corrected chi connectivity index (χ2v) is 5.03. The summed E-state index contributed by atoms with van der Waals surface area (Å²) in [5.41, 5.74) is 6.94. The Morgan fingerprint density at radius 1 is 1.80 bits per heavy atom. The number of carbonyl (C=O) groups is 1. The molecule has 1 aromatic heterocycles. The number of amides is 1. The molecule has 1 rings (SSSR count). The van der Waals surface area contributed by atoms with Gasteiger partial charge >= 0.3 is 0 Å². The molecule has 0 saturated heterocycles. The molecule has 5 nitrogen and oxygen atoms in total. The van der Waals surface area contributed by atoms with E-state index in [4.69, 9.17) is 5.73 Å². The topological polar surface area (TPSA) is 80.9 Å². The van der Waals surface area contributed by atoms with Crippen LogP contribution in [-0.2, 0) is 4.79 Å². The van der Waals surface area contributed by atoms with Crippen LogP contribution in [0.5, 0.6) is 0 Å². The smallest absolute Gasteiger partial charge is 0.235 e. The summed E-state index contributed by atoms with van der Waals surface area (Å²) in [5, 5.41) is 10.7. The number of primary amides is 1. The van der Waals surface area contributed by atoms with Gasteiger partial charge < -0.3 is 11.1 Å². The van der Waals surface area contributed by atoms with E-state index in [1.54, 1.807) is 5.51 Å². The number of thioether (sulfide) groups is 1. The fourth-order valence-electron chi connectivity index (χ4n) is 0.941. The monoisotopic (exact) mass is 246 g/mol. The molecule has 0 aromatic carbocycles. The maximum absolute atomic E-state index is 11.1. The normalized spacial score (nSPS) is 12.6. The molecule has 0 radical (unpaired) electrons.